The van der Waals surface area contributed by atoms with Crippen molar-refractivity contribution in [2.24, 2.45) is 0 Å². The fourth-order valence-electron chi connectivity index (χ4n) is 2.20. The average molecular weight is 366 g/mol. The zero-order valence-corrected chi connectivity index (χ0v) is 12.1. The van der Waals surface area contributed by atoms with Crippen molar-refractivity contribution in [3.05, 3.63) is 59.4 Å². The summed E-state index contributed by atoms with van der Waals surface area (Å²) in [6.45, 7) is 0. The number of halogens is 7. The predicted octanol–water partition coefficient (Wildman–Crippen LogP) is 4.62. The molecule has 0 bridgehead atoms. The summed E-state index contributed by atoms with van der Waals surface area (Å²) in [5.74, 6) is -1.39. The van der Waals surface area contributed by atoms with Crippen LogP contribution in [0, 0.1) is 5.82 Å². The summed E-state index contributed by atoms with van der Waals surface area (Å²) in [5.41, 5.74) is -6.77. The molecule has 0 spiro atoms. The molecule has 0 aliphatic rings. The minimum Gasteiger partial charge on any atom is -0.369 e. The van der Waals surface area contributed by atoms with Gasteiger partial charge in [-0.15, -0.1) is 0 Å². The van der Waals surface area contributed by atoms with Crippen LogP contribution in [0.2, 0.25) is 0 Å². The van der Waals surface area contributed by atoms with Crippen LogP contribution in [0.25, 0.3) is 11.1 Å². The van der Waals surface area contributed by atoms with Gasteiger partial charge in [-0.1, -0.05) is 36.4 Å². The summed E-state index contributed by atoms with van der Waals surface area (Å²) >= 11 is 0. The molecule has 2 aromatic carbocycles. The molecule has 0 aliphatic heterocycles. The topological polar surface area (TPSA) is 37.3 Å². The van der Waals surface area contributed by atoms with Crippen LogP contribution in [0.15, 0.2) is 42.5 Å². The number of rotatable bonds is 3. The van der Waals surface area contributed by atoms with Gasteiger partial charge in [0, 0.05) is 16.7 Å². The fraction of sp³-hybridized carbons (Fsp3) is 0.188. The van der Waals surface area contributed by atoms with E-state index < -0.39 is 29.3 Å². The minimum atomic E-state index is -6.09. The second-order valence-corrected chi connectivity index (χ2v) is 5.14. The van der Waals surface area contributed by atoms with Crippen LogP contribution >= 0.6 is 0 Å². The van der Waals surface area contributed by atoms with Crippen molar-refractivity contribution in [2.45, 2.75) is 18.0 Å². The molecule has 2 aromatic rings. The van der Waals surface area contributed by atoms with E-state index in [4.69, 9.17) is 0 Å². The molecule has 0 aromatic heterocycles. The predicted molar refractivity (Wildman–Crippen MR) is 73.2 cm³/mol. The van der Waals surface area contributed by atoms with Gasteiger partial charge in [-0.2, -0.15) is 26.3 Å². The van der Waals surface area contributed by atoms with E-state index in [1.165, 1.54) is 24.3 Å². The molecule has 0 amide bonds. The van der Waals surface area contributed by atoms with Crippen molar-refractivity contribution in [3.63, 3.8) is 0 Å². The molecule has 0 saturated carbocycles. The van der Waals surface area contributed by atoms with Gasteiger partial charge < -0.3 is 5.11 Å². The first-order valence-corrected chi connectivity index (χ1v) is 6.63. The van der Waals surface area contributed by atoms with Crippen LogP contribution in [-0.2, 0) is 5.60 Å². The van der Waals surface area contributed by atoms with Crippen molar-refractivity contribution < 1.29 is 40.6 Å². The van der Waals surface area contributed by atoms with Crippen molar-refractivity contribution in [1.82, 2.24) is 0 Å². The molecule has 25 heavy (non-hydrogen) atoms. The van der Waals surface area contributed by atoms with E-state index in [2.05, 4.69) is 0 Å². The Bertz CT molecular complexity index is 763. The SMILES string of the molecule is O=Cc1ccc(-c2ccc(C(O)(C(F)(F)F)C(F)(F)F)cc2F)cc1. The third-order valence-corrected chi connectivity index (χ3v) is 3.57. The summed E-state index contributed by atoms with van der Waals surface area (Å²) < 4.78 is 90.9. The highest BCUT2D eigenvalue weighted by molar-refractivity contribution is 5.77. The van der Waals surface area contributed by atoms with Crippen LogP contribution in [-0.4, -0.2) is 23.7 Å². The second-order valence-electron chi connectivity index (χ2n) is 5.14. The molecule has 1 N–H and O–H groups in total. The fourth-order valence-corrected chi connectivity index (χ4v) is 2.20. The molecule has 0 unspecified atom stereocenters. The quantitative estimate of drug-likeness (QED) is 0.636. The standard InChI is InChI=1S/C16H9F7O2/c17-13-7-11(14(25,15(18,19)20)16(21,22)23)5-6-12(13)10-3-1-9(8-24)2-4-10/h1-8,25H. The number of aldehydes is 1. The molecular weight excluding hydrogens is 357 g/mol. The molecule has 0 radical (unpaired) electrons. The Kier molecular flexibility index (Phi) is 4.65. The van der Waals surface area contributed by atoms with Gasteiger partial charge in [0.2, 0.25) is 0 Å². The lowest BCUT2D eigenvalue weighted by atomic mass is 9.90. The molecule has 0 heterocycles. The number of benzene rings is 2. The number of alkyl halides is 6. The average Bonchev–Trinajstić information content (AvgIpc) is 2.52. The van der Waals surface area contributed by atoms with Crippen LogP contribution in [0.4, 0.5) is 30.7 Å². The van der Waals surface area contributed by atoms with Gasteiger partial charge in [-0.3, -0.25) is 4.79 Å². The normalized spacial score (nSPS) is 13.0. The first kappa shape index (κ1) is 18.9. The maximum absolute atomic E-state index is 14.1. The van der Waals surface area contributed by atoms with E-state index in [9.17, 15) is 40.6 Å². The molecule has 0 fully saturated rings. The Hall–Kier alpha value is -2.42. The van der Waals surface area contributed by atoms with E-state index in [-0.39, 0.29) is 22.8 Å². The number of carbonyl (C=O) groups is 1. The molecule has 9 heteroatoms. The maximum atomic E-state index is 14.1. The van der Waals surface area contributed by atoms with Gasteiger partial charge >= 0.3 is 12.4 Å². The third-order valence-electron chi connectivity index (χ3n) is 3.57. The van der Waals surface area contributed by atoms with E-state index in [1.54, 1.807) is 0 Å². The number of carbonyl (C=O) groups excluding carboxylic acids is 1. The molecule has 134 valence electrons. The van der Waals surface area contributed by atoms with Gasteiger partial charge in [0.05, 0.1) is 0 Å². The zero-order chi connectivity index (χ0) is 19.0. The lowest BCUT2D eigenvalue weighted by Crippen LogP contribution is -2.53. The highest BCUT2D eigenvalue weighted by Crippen LogP contribution is 2.50. The number of hydrogen-bond acceptors (Lipinski definition) is 2. The molecule has 0 aliphatic carbocycles. The molecular formula is C16H9F7O2. The smallest absolute Gasteiger partial charge is 0.369 e. The van der Waals surface area contributed by atoms with Gasteiger partial charge in [0.1, 0.15) is 12.1 Å². The number of aliphatic hydroxyl groups is 1. The van der Waals surface area contributed by atoms with Crippen LogP contribution < -0.4 is 0 Å². The zero-order valence-electron chi connectivity index (χ0n) is 12.1. The van der Waals surface area contributed by atoms with Crippen molar-refractivity contribution in [1.29, 1.82) is 0 Å². The number of hydrogen-bond donors (Lipinski definition) is 1. The first-order chi connectivity index (χ1) is 11.4. The highest BCUT2D eigenvalue weighted by Gasteiger charge is 2.71. The first-order valence-electron chi connectivity index (χ1n) is 6.63. The van der Waals surface area contributed by atoms with Crippen molar-refractivity contribution in [2.75, 3.05) is 0 Å². The highest BCUT2D eigenvalue weighted by atomic mass is 19.4. The molecule has 0 saturated heterocycles. The Morgan fingerprint density at radius 1 is 0.840 bits per heavy atom. The lowest BCUT2D eigenvalue weighted by Gasteiger charge is -2.32. The Morgan fingerprint density at radius 2 is 1.36 bits per heavy atom. The van der Waals surface area contributed by atoms with Crippen LogP contribution in [0.1, 0.15) is 15.9 Å². The van der Waals surface area contributed by atoms with Gasteiger partial charge in [-0.25, -0.2) is 4.39 Å². The second kappa shape index (κ2) is 6.14. The summed E-state index contributed by atoms with van der Waals surface area (Å²) in [5, 5.41) is 9.25. The van der Waals surface area contributed by atoms with Crippen LogP contribution in [0.5, 0.6) is 0 Å². The van der Waals surface area contributed by atoms with Gasteiger partial charge in [0.25, 0.3) is 5.60 Å². The van der Waals surface area contributed by atoms with Crippen LogP contribution in [0.3, 0.4) is 0 Å². The van der Waals surface area contributed by atoms with Crippen molar-refractivity contribution >= 4 is 6.29 Å². The van der Waals surface area contributed by atoms with Gasteiger partial charge in [0.15, 0.2) is 0 Å². The largest absolute Gasteiger partial charge is 0.430 e. The van der Waals surface area contributed by atoms with E-state index in [0.29, 0.717) is 18.4 Å². The molecule has 2 nitrogen and oxygen atoms in total. The molecule has 2 rings (SSSR count). The summed E-state index contributed by atoms with van der Waals surface area (Å²) in [7, 11) is 0. The maximum Gasteiger partial charge on any atom is 0.430 e. The monoisotopic (exact) mass is 366 g/mol. The third kappa shape index (κ3) is 3.23. The summed E-state index contributed by atoms with van der Waals surface area (Å²) in [6.07, 6.45) is -11.7. The Labute approximate surface area is 136 Å². The van der Waals surface area contributed by atoms with E-state index in [0.717, 1.165) is 0 Å². The summed E-state index contributed by atoms with van der Waals surface area (Å²) in [6, 6.07) is 6.21. The lowest BCUT2D eigenvalue weighted by molar-refractivity contribution is -0.376. The van der Waals surface area contributed by atoms with Gasteiger partial charge in [-0.05, 0) is 11.6 Å². The molecule has 0 atom stereocenters. The summed E-state index contributed by atoms with van der Waals surface area (Å²) in [4.78, 5) is 10.5. The van der Waals surface area contributed by atoms with Crippen molar-refractivity contribution in [3.8, 4) is 11.1 Å². The van der Waals surface area contributed by atoms with E-state index >= 15 is 0 Å². The van der Waals surface area contributed by atoms with E-state index in [1.807, 2.05) is 0 Å². The Balaban J connectivity index is 2.55. The Morgan fingerprint density at radius 3 is 1.76 bits per heavy atom. The minimum absolute atomic E-state index is 0.00997.